The molecule has 8 nitrogen and oxygen atoms in total. The fraction of sp³-hybridized carbons (Fsp3) is 0.273. The first kappa shape index (κ1) is 15.6. The van der Waals surface area contributed by atoms with Gasteiger partial charge in [0.25, 0.3) is 0 Å². The van der Waals surface area contributed by atoms with Gasteiger partial charge in [0.15, 0.2) is 5.16 Å². The number of anilines is 1. The molecule has 0 radical (unpaired) electrons. The molecule has 1 aromatic carbocycles. The maximum Gasteiger partial charge on any atom is 0.343 e. The number of benzene rings is 1. The molecule has 0 amide bonds. The second-order valence-corrected chi connectivity index (χ2v) is 6.88. The number of aromatic amines is 1. The van der Waals surface area contributed by atoms with Crippen LogP contribution in [0.1, 0.15) is 13.3 Å². The van der Waals surface area contributed by atoms with Crippen LogP contribution in [0.2, 0.25) is 0 Å². The molecule has 0 aliphatic rings. The van der Waals surface area contributed by atoms with Gasteiger partial charge in [-0.1, -0.05) is 6.92 Å². The molecule has 0 spiro atoms. The molecule has 0 unspecified atom stereocenters. The molecule has 0 saturated carbocycles. The van der Waals surface area contributed by atoms with Crippen LogP contribution in [0.5, 0.6) is 0 Å². The van der Waals surface area contributed by atoms with Crippen LogP contribution < -0.4 is 16.6 Å². The summed E-state index contributed by atoms with van der Waals surface area (Å²) in [5.41, 5.74) is 5.89. The van der Waals surface area contributed by atoms with Gasteiger partial charge in [-0.3, -0.25) is 4.57 Å². The van der Waals surface area contributed by atoms with Crippen molar-refractivity contribution in [1.29, 1.82) is 0 Å². The van der Waals surface area contributed by atoms with Crippen molar-refractivity contribution in [1.82, 2.24) is 14.8 Å². The monoisotopic (exact) mass is 329 g/mol. The highest BCUT2D eigenvalue weighted by molar-refractivity contribution is 7.99. The molecule has 21 heavy (non-hydrogen) atoms. The summed E-state index contributed by atoms with van der Waals surface area (Å²) < 4.78 is 24.2. The van der Waals surface area contributed by atoms with Crippen molar-refractivity contribution < 1.29 is 8.42 Å². The Labute approximate surface area is 125 Å². The van der Waals surface area contributed by atoms with Gasteiger partial charge in [0.1, 0.15) is 0 Å². The second-order valence-electron chi connectivity index (χ2n) is 4.31. The minimum atomic E-state index is -3.82. The first-order valence-corrected chi connectivity index (χ1v) is 8.44. The minimum Gasteiger partial charge on any atom is -0.398 e. The summed E-state index contributed by atoms with van der Waals surface area (Å²) in [4.78, 5) is 12.0. The molecule has 2 rings (SSSR count). The minimum absolute atomic E-state index is 0.0425. The standard InChI is InChI=1S/C11H15N5O3S2/c1-2-5-16-10(17)14-15-11(16)20-9-6-7(21(13,18)19)3-4-8(9)12/h3-4,6H,2,5,12H2,1H3,(H,14,17)(H2,13,18,19). The number of sulfonamides is 1. The van der Waals surface area contributed by atoms with Gasteiger partial charge in [-0.15, -0.1) is 5.10 Å². The summed E-state index contributed by atoms with van der Waals surface area (Å²) >= 11 is 1.11. The summed E-state index contributed by atoms with van der Waals surface area (Å²) in [6.07, 6.45) is 0.764. The summed E-state index contributed by atoms with van der Waals surface area (Å²) in [5, 5.41) is 11.8. The fourth-order valence-corrected chi connectivity index (χ4v) is 3.24. The Morgan fingerprint density at radius 1 is 1.43 bits per heavy atom. The quantitative estimate of drug-likeness (QED) is 0.677. The Hall–Kier alpha value is -1.78. The lowest BCUT2D eigenvalue weighted by atomic mass is 10.3. The van der Waals surface area contributed by atoms with Gasteiger partial charge in [-0.05, 0) is 36.4 Å². The zero-order valence-electron chi connectivity index (χ0n) is 11.2. The maximum atomic E-state index is 11.6. The first-order valence-electron chi connectivity index (χ1n) is 6.08. The molecular formula is C11H15N5O3S2. The van der Waals surface area contributed by atoms with E-state index in [0.29, 0.717) is 22.3 Å². The first-order chi connectivity index (χ1) is 9.82. The molecule has 2 aromatic rings. The summed E-state index contributed by atoms with van der Waals surface area (Å²) in [6.45, 7) is 2.44. The lowest BCUT2D eigenvalue weighted by Crippen LogP contribution is -2.17. The number of nitrogens with two attached hydrogens (primary N) is 2. The molecule has 1 aromatic heterocycles. The normalized spacial score (nSPS) is 11.7. The Kier molecular flexibility index (Phi) is 4.40. The van der Waals surface area contributed by atoms with Crippen LogP contribution in [0, 0.1) is 0 Å². The van der Waals surface area contributed by atoms with Crippen molar-refractivity contribution in [2.24, 2.45) is 5.14 Å². The van der Waals surface area contributed by atoms with Crippen molar-refractivity contribution in [2.75, 3.05) is 5.73 Å². The molecule has 0 aliphatic carbocycles. The number of hydrogen-bond donors (Lipinski definition) is 3. The largest absolute Gasteiger partial charge is 0.398 e. The molecule has 0 saturated heterocycles. The number of hydrogen-bond acceptors (Lipinski definition) is 6. The topological polar surface area (TPSA) is 137 Å². The molecule has 0 atom stereocenters. The van der Waals surface area contributed by atoms with Crippen LogP contribution in [-0.2, 0) is 16.6 Å². The molecule has 10 heteroatoms. The van der Waals surface area contributed by atoms with E-state index in [0.717, 1.165) is 18.2 Å². The van der Waals surface area contributed by atoms with E-state index in [1.807, 2.05) is 6.92 Å². The van der Waals surface area contributed by atoms with Crippen LogP contribution in [-0.4, -0.2) is 23.2 Å². The molecule has 0 fully saturated rings. The third-order valence-corrected chi connectivity index (χ3v) is 4.66. The van der Waals surface area contributed by atoms with Gasteiger partial charge in [-0.25, -0.2) is 23.4 Å². The number of rotatable bonds is 5. The zero-order valence-corrected chi connectivity index (χ0v) is 12.9. The Morgan fingerprint density at radius 3 is 2.76 bits per heavy atom. The van der Waals surface area contributed by atoms with E-state index in [2.05, 4.69) is 10.2 Å². The average Bonchev–Trinajstić information content (AvgIpc) is 2.73. The Balaban J connectivity index is 2.42. The van der Waals surface area contributed by atoms with E-state index in [1.165, 1.54) is 22.8 Å². The van der Waals surface area contributed by atoms with E-state index in [1.54, 1.807) is 0 Å². The Morgan fingerprint density at radius 2 is 2.14 bits per heavy atom. The smallest absolute Gasteiger partial charge is 0.343 e. The average molecular weight is 329 g/mol. The van der Waals surface area contributed by atoms with Crippen LogP contribution in [0.4, 0.5) is 5.69 Å². The molecule has 114 valence electrons. The fourth-order valence-electron chi connectivity index (χ4n) is 1.68. The van der Waals surface area contributed by atoms with E-state index >= 15 is 0 Å². The lowest BCUT2D eigenvalue weighted by molar-refractivity contribution is 0.597. The summed E-state index contributed by atoms with van der Waals surface area (Å²) in [7, 11) is -3.82. The predicted molar refractivity (Wildman–Crippen MR) is 79.5 cm³/mol. The van der Waals surface area contributed by atoms with Crippen molar-refractivity contribution >= 4 is 27.5 Å². The molecule has 0 bridgehead atoms. The van der Waals surface area contributed by atoms with Gasteiger partial charge in [0.05, 0.1) is 4.90 Å². The molecule has 0 aliphatic heterocycles. The second kappa shape index (κ2) is 5.92. The van der Waals surface area contributed by atoms with E-state index in [4.69, 9.17) is 10.9 Å². The SMILES string of the molecule is CCCn1c(Sc2cc(S(N)(=O)=O)ccc2N)n[nH]c1=O. The predicted octanol–water partition coefficient (Wildman–Crippen LogP) is 0.362. The maximum absolute atomic E-state index is 11.6. The van der Waals surface area contributed by atoms with E-state index < -0.39 is 10.0 Å². The van der Waals surface area contributed by atoms with Gasteiger partial charge in [-0.2, -0.15) is 0 Å². The van der Waals surface area contributed by atoms with Crippen molar-refractivity contribution in [3.8, 4) is 0 Å². The van der Waals surface area contributed by atoms with Gasteiger partial charge in [0.2, 0.25) is 10.0 Å². The number of nitrogens with one attached hydrogen (secondary N) is 1. The van der Waals surface area contributed by atoms with Gasteiger partial charge in [0, 0.05) is 17.1 Å². The van der Waals surface area contributed by atoms with Crippen molar-refractivity contribution in [3.05, 3.63) is 28.7 Å². The van der Waals surface area contributed by atoms with E-state index in [-0.39, 0.29) is 10.6 Å². The van der Waals surface area contributed by atoms with Crippen LogP contribution in [0.3, 0.4) is 0 Å². The highest BCUT2D eigenvalue weighted by Crippen LogP contribution is 2.31. The third-order valence-electron chi connectivity index (χ3n) is 2.69. The van der Waals surface area contributed by atoms with E-state index in [9.17, 15) is 13.2 Å². The van der Waals surface area contributed by atoms with Crippen molar-refractivity contribution in [2.45, 2.75) is 34.8 Å². The van der Waals surface area contributed by atoms with Crippen LogP contribution in [0.15, 0.2) is 37.9 Å². The highest BCUT2D eigenvalue weighted by atomic mass is 32.2. The number of aromatic nitrogens is 3. The van der Waals surface area contributed by atoms with Crippen molar-refractivity contribution in [3.63, 3.8) is 0 Å². The molecule has 1 heterocycles. The van der Waals surface area contributed by atoms with Gasteiger partial charge < -0.3 is 5.73 Å². The summed E-state index contributed by atoms with van der Waals surface area (Å²) in [6, 6.07) is 4.15. The highest BCUT2D eigenvalue weighted by Gasteiger charge is 2.14. The third kappa shape index (κ3) is 3.46. The Bertz CT molecular complexity index is 810. The van der Waals surface area contributed by atoms with Crippen LogP contribution >= 0.6 is 11.8 Å². The number of H-pyrrole nitrogens is 1. The summed E-state index contributed by atoms with van der Waals surface area (Å²) in [5.74, 6) is 0. The number of nitrogens with zero attached hydrogens (tertiary/aromatic N) is 2. The molecular weight excluding hydrogens is 314 g/mol. The zero-order chi connectivity index (χ0) is 15.6. The number of primary sulfonamides is 1. The lowest BCUT2D eigenvalue weighted by Gasteiger charge is -2.07. The van der Waals surface area contributed by atoms with Crippen LogP contribution in [0.25, 0.3) is 0 Å². The molecule has 5 N–H and O–H groups in total. The van der Waals surface area contributed by atoms with Gasteiger partial charge >= 0.3 is 5.69 Å². The number of nitrogen functional groups attached to an aromatic ring is 1.